The van der Waals surface area contributed by atoms with Crippen LogP contribution < -0.4 is 10.5 Å². The van der Waals surface area contributed by atoms with Gasteiger partial charge in [-0.3, -0.25) is 0 Å². The summed E-state index contributed by atoms with van der Waals surface area (Å²) in [5, 5.41) is 0.697. The Bertz CT molecular complexity index is 403. The molecule has 1 saturated carbocycles. The van der Waals surface area contributed by atoms with Gasteiger partial charge in [0.1, 0.15) is 5.75 Å². The third-order valence-electron chi connectivity index (χ3n) is 3.44. The van der Waals surface area contributed by atoms with Gasteiger partial charge in [0.05, 0.1) is 12.6 Å². The standard InChI is InChI=1S/C12H16ClNO/c1-11(2)7-12(11,14)10-8(13)5-4-6-9(10)15-3/h4-6H,7,14H2,1-3H3. The summed E-state index contributed by atoms with van der Waals surface area (Å²) < 4.78 is 5.32. The van der Waals surface area contributed by atoms with E-state index in [1.807, 2.05) is 18.2 Å². The maximum absolute atomic E-state index is 6.36. The molecule has 0 aromatic heterocycles. The highest BCUT2D eigenvalue weighted by atomic mass is 35.5. The molecular formula is C12H16ClNO. The first-order chi connectivity index (χ1) is 6.92. The van der Waals surface area contributed by atoms with E-state index in [9.17, 15) is 0 Å². The predicted octanol–water partition coefficient (Wildman–Crippen LogP) is 2.93. The molecule has 1 atom stereocenters. The van der Waals surface area contributed by atoms with E-state index >= 15 is 0 Å². The number of benzene rings is 1. The summed E-state index contributed by atoms with van der Waals surface area (Å²) in [5.74, 6) is 0.788. The van der Waals surface area contributed by atoms with Crippen LogP contribution in [0.25, 0.3) is 0 Å². The first-order valence-electron chi connectivity index (χ1n) is 5.04. The van der Waals surface area contributed by atoms with Crippen LogP contribution in [0.4, 0.5) is 0 Å². The molecule has 15 heavy (non-hydrogen) atoms. The van der Waals surface area contributed by atoms with E-state index in [4.69, 9.17) is 22.1 Å². The van der Waals surface area contributed by atoms with E-state index in [2.05, 4.69) is 13.8 Å². The molecule has 1 aliphatic rings. The van der Waals surface area contributed by atoms with Gasteiger partial charge in [0.25, 0.3) is 0 Å². The van der Waals surface area contributed by atoms with E-state index in [1.165, 1.54) is 0 Å². The Hall–Kier alpha value is -0.730. The Morgan fingerprint density at radius 1 is 1.40 bits per heavy atom. The van der Waals surface area contributed by atoms with Crippen LogP contribution in [0.15, 0.2) is 18.2 Å². The van der Waals surface area contributed by atoms with Gasteiger partial charge < -0.3 is 10.5 Å². The number of halogens is 1. The fourth-order valence-electron chi connectivity index (χ4n) is 2.19. The molecule has 3 heteroatoms. The molecule has 0 amide bonds. The van der Waals surface area contributed by atoms with Gasteiger partial charge in [-0.2, -0.15) is 0 Å². The maximum Gasteiger partial charge on any atom is 0.125 e. The van der Waals surface area contributed by atoms with Crippen molar-refractivity contribution in [2.24, 2.45) is 11.1 Å². The van der Waals surface area contributed by atoms with Crippen molar-refractivity contribution in [1.29, 1.82) is 0 Å². The highest BCUT2D eigenvalue weighted by Gasteiger charge is 2.61. The first kappa shape index (κ1) is 10.8. The fourth-order valence-corrected chi connectivity index (χ4v) is 2.52. The van der Waals surface area contributed by atoms with Crippen LogP contribution >= 0.6 is 11.6 Å². The maximum atomic E-state index is 6.36. The first-order valence-corrected chi connectivity index (χ1v) is 5.42. The van der Waals surface area contributed by atoms with Crippen molar-refractivity contribution in [3.63, 3.8) is 0 Å². The largest absolute Gasteiger partial charge is 0.496 e. The predicted molar refractivity (Wildman–Crippen MR) is 62.3 cm³/mol. The van der Waals surface area contributed by atoms with Crippen LogP contribution in [0.5, 0.6) is 5.75 Å². The smallest absolute Gasteiger partial charge is 0.125 e. The monoisotopic (exact) mass is 225 g/mol. The molecule has 2 rings (SSSR count). The lowest BCUT2D eigenvalue weighted by molar-refractivity contribution is 0.396. The van der Waals surface area contributed by atoms with Crippen molar-refractivity contribution < 1.29 is 4.74 Å². The van der Waals surface area contributed by atoms with Crippen LogP contribution in [-0.4, -0.2) is 7.11 Å². The van der Waals surface area contributed by atoms with E-state index in [1.54, 1.807) is 7.11 Å². The zero-order valence-electron chi connectivity index (χ0n) is 9.30. The van der Waals surface area contributed by atoms with Crippen molar-refractivity contribution in [3.05, 3.63) is 28.8 Å². The van der Waals surface area contributed by atoms with Gasteiger partial charge in [0.15, 0.2) is 0 Å². The molecule has 1 aromatic rings. The van der Waals surface area contributed by atoms with E-state index in [-0.39, 0.29) is 11.0 Å². The molecular weight excluding hydrogens is 210 g/mol. The van der Waals surface area contributed by atoms with Gasteiger partial charge in [-0.25, -0.2) is 0 Å². The lowest BCUT2D eigenvalue weighted by Gasteiger charge is -2.20. The van der Waals surface area contributed by atoms with Gasteiger partial charge in [-0.15, -0.1) is 0 Å². The van der Waals surface area contributed by atoms with Gasteiger partial charge >= 0.3 is 0 Å². The summed E-state index contributed by atoms with van der Waals surface area (Å²) in [7, 11) is 1.65. The van der Waals surface area contributed by atoms with Crippen molar-refractivity contribution >= 4 is 11.6 Å². The van der Waals surface area contributed by atoms with Crippen molar-refractivity contribution in [3.8, 4) is 5.75 Å². The number of methoxy groups -OCH3 is 1. The second-order valence-electron chi connectivity index (χ2n) is 4.85. The van der Waals surface area contributed by atoms with Crippen molar-refractivity contribution in [2.45, 2.75) is 25.8 Å². The second-order valence-corrected chi connectivity index (χ2v) is 5.26. The average Bonchev–Trinajstić information content (AvgIpc) is 2.65. The molecule has 2 nitrogen and oxygen atoms in total. The molecule has 1 aliphatic carbocycles. The Kier molecular flexibility index (Phi) is 2.25. The average molecular weight is 226 g/mol. The fraction of sp³-hybridized carbons (Fsp3) is 0.500. The minimum absolute atomic E-state index is 0.102. The lowest BCUT2D eigenvalue weighted by atomic mass is 9.96. The molecule has 0 radical (unpaired) electrons. The third-order valence-corrected chi connectivity index (χ3v) is 3.76. The zero-order chi connectivity index (χ0) is 11.3. The number of rotatable bonds is 2. The molecule has 0 aliphatic heterocycles. The second kappa shape index (κ2) is 3.13. The van der Waals surface area contributed by atoms with Crippen molar-refractivity contribution in [2.75, 3.05) is 7.11 Å². The molecule has 0 spiro atoms. The zero-order valence-corrected chi connectivity index (χ0v) is 10.1. The van der Waals surface area contributed by atoms with Crippen LogP contribution in [0, 0.1) is 5.41 Å². The van der Waals surface area contributed by atoms with Crippen LogP contribution in [0.1, 0.15) is 25.8 Å². The van der Waals surface area contributed by atoms with Crippen LogP contribution in [0.2, 0.25) is 5.02 Å². The van der Waals surface area contributed by atoms with E-state index in [0.29, 0.717) is 5.02 Å². The topological polar surface area (TPSA) is 35.2 Å². The summed E-state index contributed by atoms with van der Waals surface area (Å²) in [6.07, 6.45) is 0.945. The Morgan fingerprint density at radius 3 is 2.47 bits per heavy atom. The minimum Gasteiger partial charge on any atom is -0.496 e. The molecule has 1 fully saturated rings. The van der Waals surface area contributed by atoms with Gasteiger partial charge in [-0.1, -0.05) is 31.5 Å². The summed E-state index contributed by atoms with van der Waals surface area (Å²) >= 11 is 6.20. The Morgan fingerprint density at radius 2 is 2.00 bits per heavy atom. The molecule has 82 valence electrons. The van der Waals surface area contributed by atoms with E-state index < -0.39 is 0 Å². The number of ether oxygens (including phenoxy) is 1. The normalized spacial score (nSPS) is 27.5. The number of hydrogen-bond donors (Lipinski definition) is 1. The quantitative estimate of drug-likeness (QED) is 0.840. The molecule has 0 bridgehead atoms. The summed E-state index contributed by atoms with van der Waals surface area (Å²) in [4.78, 5) is 0. The highest BCUT2D eigenvalue weighted by molar-refractivity contribution is 6.31. The van der Waals surface area contributed by atoms with E-state index in [0.717, 1.165) is 17.7 Å². The lowest BCUT2D eigenvalue weighted by Crippen LogP contribution is -2.26. The Balaban J connectivity index is 2.54. The Labute approximate surface area is 95.4 Å². The van der Waals surface area contributed by atoms with Crippen molar-refractivity contribution in [1.82, 2.24) is 0 Å². The van der Waals surface area contributed by atoms with Gasteiger partial charge in [0, 0.05) is 10.6 Å². The minimum atomic E-state index is -0.337. The molecule has 0 heterocycles. The van der Waals surface area contributed by atoms with Gasteiger partial charge in [0.2, 0.25) is 0 Å². The van der Waals surface area contributed by atoms with Crippen LogP contribution in [0.3, 0.4) is 0 Å². The SMILES string of the molecule is COc1cccc(Cl)c1C1(N)CC1(C)C. The highest BCUT2D eigenvalue weighted by Crippen LogP contribution is 2.63. The molecule has 1 aromatic carbocycles. The summed E-state index contributed by atoms with van der Waals surface area (Å²) in [6.45, 7) is 4.30. The third kappa shape index (κ3) is 1.44. The molecule has 2 N–H and O–H groups in total. The molecule has 1 unspecified atom stereocenters. The summed E-state index contributed by atoms with van der Waals surface area (Å²) in [5.41, 5.74) is 7.07. The van der Waals surface area contributed by atoms with Gasteiger partial charge in [-0.05, 0) is 24.0 Å². The molecule has 0 saturated heterocycles. The number of hydrogen-bond acceptors (Lipinski definition) is 2. The summed E-state index contributed by atoms with van der Waals surface area (Å²) in [6, 6.07) is 5.65. The number of nitrogens with two attached hydrogens (primary N) is 1. The van der Waals surface area contributed by atoms with Crippen LogP contribution in [-0.2, 0) is 5.54 Å².